The first-order chi connectivity index (χ1) is 8.61. The molecule has 0 N–H and O–H groups in total. The summed E-state index contributed by atoms with van der Waals surface area (Å²) >= 11 is 0. The minimum absolute atomic E-state index is 0.0594. The first-order valence-electron chi connectivity index (χ1n) is 5.53. The lowest BCUT2D eigenvalue weighted by Gasteiger charge is -2.09. The Morgan fingerprint density at radius 1 is 1.39 bits per heavy atom. The van der Waals surface area contributed by atoms with Crippen LogP contribution in [-0.2, 0) is 0 Å². The van der Waals surface area contributed by atoms with E-state index in [1.165, 1.54) is 12.1 Å². The zero-order valence-corrected chi connectivity index (χ0v) is 10.2. The Balaban J connectivity index is 2.26. The molecule has 1 aromatic carbocycles. The Morgan fingerprint density at radius 2 is 2.06 bits per heavy atom. The third-order valence-corrected chi connectivity index (χ3v) is 2.66. The molecule has 0 radical (unpaired) electrons. The molecular formula is C12H13N3O3. The molecule has 0 aliphatic heterocycles. The van der Waals surface area contributed by atoms with Gasteiger partial charge in [0.25, 0.3) is 11.7 Å². The summed E-state index contributed by atoms with van der Waals surface area (Å²) in [7, 11) is 1.88. The number of nitro groups is 1. The van der Waals surface area contributed by atoms with Crippen LogP contribution in [0.1, 0.15) is 6.92 Å². The highest BCUT2D eigenvalue weighted by Crippen LogP contribution is 2.25. The normalized spacial score (nSPS) is 10.3. The second kappa shape index (κ2) is 4.87. The second-order valence-electron chi connectivity index (χ2n) is 3.83. The van der Waals surface area contributed by atoms with Crippen LogP contribution in [0, 0.1) is 10.1 Å². The fourth-order valence-electron chi connectivity index (χ4n) is 1.46. The van der Waals surface area contributed by atoms with E-state index in [0.29, 0.717) is 11.8 Å². The van der Waals surface area contributed by atoms with Crippen molar-refractivity contribution in [1.82, 2.24) is 4.98 Å². The number of oxazole rings is 1. The number of aromatic nitrogens is 1. The van der Waals surface area contributed by atoms with E-state index < -0.39 is 4.92 Å². The molecule has 1 heterocycles. The molecule has 1 aromatic heterocycles. The Bertz CT molecular complexity index is 548. The Kier molecular flexibility index (Phi) is 3.27. The van der Waals surface area contributed by atoms with E-state index in [9.17, 15) is 10.1 Å². The summed E-state index contributed by atoms with van der Waals surface area (Å²) in [6.45, 7) is 2.79. The average molecular weight is 247 g/mol. The number of benzene rings is 1. The van der Waals surface area contributed by atoms with Gasteiger partial charge in [0.2, 0.25) is 0 Å². The van der Waals surface area contributed by atoms with Crippen molar-refractivity contribution in [3.63, 3.8) is 0 Å². The zero-order valence-electron chi connectivity index (χ0n) is 10.2. The van der Waals surface area contributed by atoms with Crippen LogP contribution in [0.15, 0.2) is 34.9 Å². The van der Waals surface area contributed by atoms with E-state index in [4.69, 9.17) is 4.42 Å². The number of hydrogen-bond donors (Lipinski definition) is 0. The van der Waals surface area contributed by atoms with Gasteiger partial charge in [0.15, 0.2) is 5.76 Å². The van der Waals surface area contributed by atoms with Crippen LogP contribution >= 0.6 is 0 Å². The molecule has 6 heteroatoms. The molecule has 0 saturated carbocycles. The molecule has 2 rings (SSSR count). The molecule has 94 valence electrons. The molecule has 0 bridgehead atoms. The molecule has 2 aromatic rings. The first kappa shape index (κ1) is 12.1. The van der Waals surface area contributed by atoms with Crippen LogP contribution < -0.4 is 4.90 Å². The van der Waals surface area contributed by atoms with Crippen molar-refractivity contribution < 1.29 is 9.34 Å². The average Bonchev–Trinajstić information content (AvgIpc) is 2.87. The van der Waals surface area contributed by atoms with Crippen LogP contribution in [0.3, 0.4) is 0 Å². The summed E-state index contributed by atoms with van der Waals surface area (Å²) in [5, 5.41) is 10.5. The van der Waals surface area contributed by atoms with Crippen LogP contribution in [0.25, 0.3) is 11.3 Å². The third-order valence-electron chi connectivity index (χ3n) is 2.66. The first-order valence-corrected chi connectivity index (χ1v) is 5.53. The SMILES string of the molecule is CCN(C)c1ncc(-c2ccc([N+](=O)[O-])cc2)o1. The maximum atomic E-state index is 10.5. The highest BCUT2D eigenvalue weighted by Gasteiger charge is 2.10. The lowest BCUT2D eigenvalue weighted by molar-refractivity contribution is -0.384. The maximum Gasteiger partial charge on any atom is 0.297 e. The minimum atomic E-state index is -0.430. The van der Waals surface area contributed by atoms with Gasteiger partial charge in [0, 0.05) is 31.3 Å². The van der Waals surface area contributed by atoms with Gasteiger partial charge in [-0.1, -0.05) is 0 Å². The second-order valence-corrected chi connectivity index (χ2v) is 3.83. The lowest BCUT2D eigenvalue weighted by atomic mass is 10.2. The Labute approximate surface area is 104 Å². The summed E-state index contributed by atoms with van der Waals surface area (Å²) in [6.07, 6.45) is 1.61. The highest BCUT2D eigenvalue weighted by atomic mass is 16.6. The van der Waals surface area contributed by atoms with Crippen LogP contribution in [-0.4, -0.2) is 23.5 Å². The number of anilines is 1. The number of nitro benzene ring substituents is 1. The van der Waals surface area contributed by atoms with E-state index in [-0.39, 0.29) is 5.69 Å². The fraction of sp³-hybridized carbons (Fsp3) is 0.250. The van der Waals surface area contributed by atoms with E-state index in [2.05, 4.69) is 4.98 Å². The van der Waals surface area contributed by atoms with Gasteiger partial charge in [-0.15, -0.1) is 0 Å². The van der Waals surface area contributed by atoms with Gasteiger partial charge < -0.3 is 9.32 Å². The zero-order chi connectivity index (χ0) is 13.1. The quantitative estimate of drug-likeness (QED) is 0.613. The summed E-state index contributed by atoms with van der Waals surface area (Å²) in [4.78, 5) is 16.1. The summed E-state index contributed by atoms with van der Waals surface area (Å²) in [5.41, 5.74) is 0.827. The molecule has 0 atom stereocenters. The van der Waals surface area contributed by atoms with Crippen LogP contribution in [0.5, 0.6) is 0 Å². The molecule has 0 unspecified atom stereocenters. The number of non-ortho nitro benzene ring substituents is 1. The maximum absolute atomic E-state index is 10.5. The monoisotopic (exact) mass is 247 g/mol. The lowest BCUT2D eigenvalue weighted by Crippen LogP contribution is -2.15. The van der Waals surface area contributed by atoms with Gasteiger partial charge in [-0.2, -0.15) is 0 Å². The number of hydrogen-bond acceptors (Lipinski definition) is 5. The molecule has 0 spiro atoms. The van der Waals surface area contributed by atoms with Gasteiger partial charge in [-0.3, -0.25) is 10.1 Å². The van der Waals surface area contributed by atoms with E-state index in [0.717, 1.165) is 12.1 Å². The molecule has 0 aliphatic carbocycles. The largest absolute Gasteiger partial charge is 0.423 e. The highest BCUT2D eigenvalue weighted by molar-refractivity contribution is 5.59. The smallest absolute Gasteiger partial charge is 0.297 e. The van der Waals surface area contributed by atoms with E-state index >= 15 is 0 Å². The van der Waals surface area contributed by atoms with E-state index in [1.54, 1.807) is 18.3 Å². The Hall–Kier alpha value is -2.37. The predicted octanol–water partition coefficient (Wildman–Crippen LogP) is 2.71. The van der Waals surface area contributed by atoms with Gasteiger partial charge in [0.05, 0.1) is 11.1 Å². The van der Waals surface area contributed by atoms with Gasteiger partial charge in [-0.25, -0.2) is 4.98 Å². The third kappa shape index (κ3) is 2.32. The van der Waals surface area contributed by atoms with Crippen molar-refractivity contribution in [2.45, 2.75) is 6.92 Å². The van der Waals surface area contributed by atoms with Gasteiger partial charge >= 0.3 is 0 Å². The molecular weight excluding hydrogens is 234 g/mol. The van der Waals surface area contributed by atoms with Gasteiger partial charge in [-0.05, 0) is 19.1 Å². The minimum Gasteiger partial charge on any atom is -0.423 e. The topological polar surface area (TPSA) is 72.4 Å². The van der Waals surface area contributed by atoms with Crippen molar-refractivity contribution >= 4 is 11.7 Å². The van der Waals surface area contributed by atoms with Crippen molar-refractivity contribution in [1.29, 1.82) is 0 Å². The van der Waals surface area contributed by atoms with Crippen molar-refractivity contribution in [2.75, 3.05) is 18.5 Å². The molecule has 18 heavy (non-hydrogen) atoms. The summed E-state index contributed by atoms with van der Waals surface area (Å²) in [5.74, 6) is 0.597. The van der Waals surface area contributed by atoms with E-state index in [1.807, 2.05) is 18.9 Å². The fourth-order valence-corrected chi connectivity index (χ4v) is 1.46. The van der Waals surface area contributed by atoms with Crippen molar-refractivity contribution in [3.8, 4) is 11.3 Å². The van der Waals surface area contributed by atoms with Crippen LogP contribution in [0.4, 0.5) is 11.7 Å². The van der Waals surface area contributed by atoms with Crippen molar-refractivity contribution in [2.24, 2.45) is 0 Å². The molecule has 0 fully saturated rings. The molecule has 0 aliphatic rings. The summed E-state index contributed by atoms with van der Waals surface area (Å²) in [6, 6.07) is 6.72. The number of nitrogens with zero attached hydrogens (tertiary/aromatic N) is 3. The Morgan fingerprint density at radius 3 is 2.61 bits per heavy atom. The standard InChI is InChI=1S/C12H13N3O3/c1-3-14(2)12-13-8-11(18-12)9-4-6-10(7-5-9)15(16)17/h4-8H,3H2,1-2H3. The summed E-state index contributed by atoms with van der Waals surface area (Å²) < 4.78 is 5.57. The van der Waals surface area contributed by atoms with Crippen LogP contribution in [0.2, 0.25) is 0 Å². The molecule has 0 saturated heterocycles. The van der Waals surface area contributed by atoms with Crippen molar-refractivity contribution in [3.05, 3.63) is 40.6 Å². The van der Waals surface area contributed by atoms with Gasteiger partial charge in [0.1, 0.15) is 0 Å². The molecule has 6 nitrogen and oxygen atoms in total. The number of rotatable bonds is 4. The molecule has 0 amide bonds. The predicted molar refractivity (Wildman–Crippen MR) is 67.5 cm³/mol.